The van der Waals surface area contributed by atoms with Crippen molar-refractivity contribution in [2.75, 3.05) is 25.5 Å². The summed E-state index contributed by atoms with van der Waals surface area (Å²) < 4.78 is 8.41. The van der Waals surface area contributed by atoms with Crippen molar-refractivity contribution in [3.05, 3.63) is 106 Å². The van der Waals surface area contributed by atoms with Crippen LogP contribution in [0.4, 0.5) is 5.82 Å². The summed E-state index contributed by atoms with van der Waals surface area (Å²) in [5, 5.41) is 8.50. The van der Waals surface area contributed by atoms with Crippen molar-refractivity contribution in [2.45, 2.75) is 6.42 Å². The summed E-state index contributed by atoms with van der Waals surface area (Å²) in [6.07, 6.45) is 2.45. The maximum Gasteiger partial charge on any atom is 0.253 e. The number of amides is 1. The molecule has 0 saturated carbocycles. The number of carbonyl (C=O) groups is 1. The minimum atomic E-state index is -0.0631. The molecule has 0 unspecified atom stereocenters. The minimum absolute atomic E-state index is 0.0631. The topological polar surface area (TPSA) is 71.8 Å². The second kappa shape index (κ2) is 11.7. The molecule has 0 aliphatic rings. The van der Waals surface area contributed by atoms with Gasteiger partial charge in [0.15, 0.2) is 5.65 Å². The number of carbonyl (C=O) groups excluding carboxylic acids is 1. The van der Waals surface area contributed by atoms with E-state index in [2.05, 4.69) is 26.3 Å². The van der Waals surface area contributed by atoms with Crippen LogP contribution >= 0.6 is 27.5 Å². The average molecular weight is 591 g/mol. The first-order chi connectivity index (χ1) is 18.5. The highest BCUT2D eigenvalue weighted by molar-refractivity contribution is 9.10. The third-order valence-electron chi connectivity index (χ3n) is 5.96. The molecule has 0 aliphatic heterocycles. The van der Waals surface area contributed by atoms with Crippen LogP contribution in [0.3, 0.4) is 0 Å². The van der Waals surface area contributed by atoms with E-state index in [-0.39, 0.29) is 5.91 Å². The van der Waals surface area contributed by atoms with Crippen LogP contribution < -0.4 is 10.1 Å². The first-order valence-corrected chi connectivity index (χ1v) is 13.3. The molecule has 0 bridgehead atoms. The Bertz CT molecular complexity index is 1570. The molecule has 3 aromatic carbocycles. The van der Waals surface area contributed by atoms with Gasteiger partial charge in [0, 0.05) is 42.4 Å². The molecule has 2 heterocycles. The van der Waals surface area contributed by atoms with Gasteiger partial charge in [-0.15, -0.1) is 0 Å². The molecule has 0 spiro atoms. The molecular formula is C29H25BrClN5O2. The molecule has 1 amide bonds. The quantitative estimate of drug-likeness (QED) is 0.184. The van der Waals surface area contributed by atoms with Gasteiger partial charge in [0.05, 0.1) is 16.4 Å². The normalized spacial score (nSPS) is 10.9. The van der Waals surface area contributed by atoms with Crippen molar-refractivity contribution in [3.63, 3.8) is 0 Å². The van der Waals surface area contributed by atoms with Gasteiger partial charge in [0.1, 0.15) is 17.3 Å². The fourth-order valence-electron chi connectivity index (χ4n) is 4.04. The number of hydrogen-bond donors (Lipinski definition) is 1. The second-order valence-corrected chi connectivity index (χ2v) is 9.95. The predicted octanol–water partition coefficient (Wildman–Crippen LogP) is 7.18. The number of anilines is 1. The van der Waals surface area contributed by atoms with E-state index in [1.54, 1.807) is 34.8 Å². The summed E-state index contributed by atoms with van der Waals surface area (Å²) in [4.78, 5) is 19.5. The van der Waals surface area contributed by atoms with E-state index in [4.69, 9.17) is 21.3 Å². The fourth-order valence-corrected chi connectivity index (χ4v) is 4.62. The van der Waals surface area contributed by atoms with E-state index in [9.17, 15) is 4.79 Å². The van der Waals surface area contributed by atoms with E-state index < -0.39 is 0 Å². The van der Waals surface area contributed by atoms with Crippen LogP contribution in [0.15, 0.2) is 95.6 Å². The number of nitrogens with zero attached hydrogens (tertiary/aromatic N) is 4. The SMILES string of the molecule is CN(CCCNc1cc(-c2ccccc2Cl)nc2c(Br)cnn12)C(=O)c1cccc(Oc2ccccc2)c1. The van der Waals surface area contributed by atoms with Gasteiger partial charge in [-0.1, -0.05) is 54.1 Å². The molecule has 0 fully saturated rings. The third kappa shape index (κ3) is 5.82. The molecule has 1 N–H and O–H groups in total. The number of rotatable bonds is 9. The highest BCUT2D eigenvalue weighted by atomic mass is 79.9. The Hall–Kier alpha value is -3.88. The zero-order valence-electron chi connectivity index (χ0n) is 20.6. The Kier molecular flexibility index (Phi) is 7.91. The fraction of sp³-hybridized carbons (Fsp3) is 0.138. The first-order valence-electron chi connectivity index (χ1n) is 12.1. The number of halogens is 2. The number of para-hydroxylation sites is 1. The van der Waals surface area contributed by atoms with Gasteiger partial charge in [0.2, 0.25) is 0 Å². The maximum atomic E-state index is 13.0. The van der Waals surface area contributed by atoms with Gasteiger partial charge >= 0.3 is 0 Å². The Balaban J connectivity index is 1.22. The lowest BCUT2D eigenvalue weighted by molar-refractivity contribution is 0.0794. The average Bonchev–Trinajstić information content (AvgIpc) is 3.32. The highest BCUT2D eigenvalue weighted by Crippen LogP contribution is 2.30. The zero-order valence-corrected chi connectivity index (χ0v) is 23.0. The van der Waals surface area contributed by atoms with Crippen molar-refractivity contribution in [1.29, 1.82) is 0 Å². The number of ether oxygens (including phenoxy) is 1. The molecule has 5 rings (SSSR count). The molecule has 0 saturated heterocycles. The largest absolute Gasteiger partial charge is 0.457 e. The third-order valence-corrected chi connectivity index (χ3v) is 6.85. The van der Waals surface area contributed by atoms with E-state index in [1.165, 1.54) is 0 Å². The molecule has 7 nitrogen and oxygen atoms in total. The molecular weight excluding hydrogens is 566 g/mol. The summed E-state index contributed by atoms with van der Waals surface area (Å²) in [7, 11) is 1.80. The van der Waals surface area contributed by atoms with Crippen molar-refractivity contribution in [2.24, 2.45) is 0 Å². The summed E-state index contributed by atoms with van der Waals surface area (Å²) in [6, 6.07) is 26.3. The van der Waals surface area contributed by atoms with Crippen LogP contribution in [-0.2, 0) is 0 Å². The van der Waals surface area contributed by atoms with E-state index in [1.807, 2.05) is 72.8 Å². The molecule has 9 heteroatoms. The van der Waals surface area contributed by atoms with Gasteiger partial charge in [-0.2, -0.15) is 9.61 Å². The molecule has 38 heavy (non-hydrogen) atoms. The smallest absolute Gasteiger partial charge is 0.253 e. The zero-order chi connectivity index (χ0) is 26.5. The maximum absolute atomic E-state index is 13.0. The molecule has 0 radical (unpaired) electrons. The summed E-state index contributed by atoms with van der Waals surface area (Å²) in [6.45, 7) is 1.21. The van der Waals surface area contributed by atoms with Gasteiger partial charge in [-0.25, -0.2) is 4.98 Å². The van der Waals surface area contributed by atoms with Crippen LogP contribution in [0.1, 0.15) is 16.8 Å². The standard InChI is InChI=1S/C29H25BrClN5O2/c1-35(29(37)20-9-7-12-22(17-20)38-21-10-3-2-4-11-21)16-8-15-32-27-18-26(23-13-5-6-14-25(23)31)34-28-24(30)19-33-36(27)28/h2-7,9-14,17-19,32H,8,15-16H2,1H3. The van der Waals surface area contributed by atoms with E-state index in [0.717, 1.165) is 33.7 Å². The highest BCUT2D eigenvalue weighted by Gasteiger charge is 2.15. The first kappa shape index (κ1) is 25.8. The second-order valence-electron chi connectivity index (χ2n) is 8.68. The molecule has 192 valence electrons. The van der Waals surface area contributed by atoms with Crippen LogP contribution in [0.2, 0.25) is 5.02 Å². The Labute approximate surface area is 234 Å². The van der Waals surface area contributed by atoms with E-state index >= 15 is 0 Å². The Morgan fingerprint density at radius 3 is 2.61 bits per heavy atom. The van der Waals surface area contributed by atoms with E-state index in [0.29, 0.717) is 35.1 Å². The number of nitrogens with one attached hydrogen (secondary N) is 1. The van der Waals surface area contributed by atoms with Gasteiger partial charge in [-0.3, -0.25) is 4.79 Å². The monoisotopic (exact) mass is 589 g/mol. The van der Waals surface area contributed by atoms with Crippen molar-refractivity contribution < 1.29 is 9.53 Å². The number of fused-ring (bicyclic) bond motifs is 1. The van der Waals surface area contributed by atoms with Gasteiger partial charge in [0.25, 0.3) is 5.91 Å². The summed E-state index contributed by atoms with van der Waals surface area (Å²) in [5.74, 6) is 2.07. The molecule has 5 aromatic rings. The van der Waals surface area contributed by atoms with Crippen LogP contribution in [0.25, 0.3) is 16.9 Å². The van der Waals surface area contributed by atoms with Crippen LogP contribution in [0.5, 0.6) is 11.5 Å². The van der Waals surface area contributed by atoms with Crippen molar-refractivity contribution >= 4 is 44.9 Å². The lowest BCUT2D eigenvalue weighted by atomic mass is 10.1. The number of aromatic nitrogens is 3. The van der Waals surface area contributed by atoms with Gasteiger partial charge < -0.3 is 15.0 Å². The Morgan fingerprint density at radius 2 is 1.79 bits per heavy atom. The van der Waals surface area contributed by atoms with Crippen molar-refractivity contribution in [1.82, 2.24) is 19.5 Å². The Morgan fingerprint density at radius 1 is 1.03 bits per heavy atom. The minimum Gasteiger partial charge on any atom is -0.457 e. The predicted molar refractivity (Wildman–Crippen MR) is 154 cm³/mol. The molecule has 2 aromatic heterocycles. The van der Waals surface area contributed by atoms with Crippen LogP contribution in [-0.4, -0.2) is 45.5 Å². The van der Waals surface area contributed by atoms with Crippen molar-refractivity contribution in [3.8, 4) is 22.8 Å². The number of benzene rings is 3. The summed E-state index contributed by atoms with van der Waals surface area (Å²) in [5.41, 5.74) is 2.86. The molecule has 0 aliphatic carbocycles. The lowest BCUT2D eigenvalue weighted by Crippen LogP contribution is -2.29. The summed E-state index contributed by atoms with van der Waals surface area (Å²) >= 11 is 9.96. The van der Waals surface area contributed by atoms with Crippen LogP contribution in [0, 0.1) is 0 Å². The van der Waals surface area contributed by atoms with Gasteiger partial charge in [-0.05, 0) is 58.7 Å². The molecule has 0 atom stereocenters. The number of hydrogen-bond acceptors (Lipinski definition) is 5. The lowest BCUT2D eigenvalue weighted by Gasteiger charge is -2.18.